The van der Waals surface area contributed by atoms with Crippen molar-refractivity contribution in [2.75, 3.05) is 0 Å². The Morgan fingerprint density at radius 3 is 1.59 bits per heavy atom. The second-order valence-electron chi connectivity index (χ2n) is 13.2. The van der Waals surface area contributed by atoms with Crippen LogP contribution in [0.5, 0.6) is 0 Å². The van der Waals surface area contributed by atoms with Crippen LogP contribution in [0.25, 0.3) is 55.3 Å². The van der Waals surface area contributed by atoms with Crippen LogP contribution in [0.3, 0.4) is 0 Å². The van der Waals surface area contributed by atoms with E-state index in [4.69, 9.17) is 0 Å². The maximum absolute atomic E-state index is 2.46. The molecule has 0 saturated carbocycles. The van der Waals surface area contributed by atoms with Gasteiger partial charge in [-0.25, -0.2) is 0 Å². The van der Waals surface area contributed by atoms with E-state index in [0.717, 1.165) is 0 Å². The molecule has 7 aromatic carbocycles. The molecule has 0 nitrogen and oxygen atoms in total. The fourth-order valence-electron chi connectivity index (χ4n) is 9.00. The first-order valence-corrected chi connectivity index (χ1v) is 15.7. The Bertz CT molecular complexity index is 2360. The molecule has 1 atom stereocenters. The summed E-state index contributed by atoms with van der Waals surface area (Å²) in [5, 5.41) is 2.68. The van der Waals surface area contributed by atoms with E-state index in [2.05, 4.69) is 159 Å². The first-order valence-electron chi connectivity index (χ1n) is 15.7. The van der Waals surface area contributed by atoms with Gasteiger partial charge in [0.05, 0.1) is 5.41 Å². The zero-order valence-electron chi connectivity index (χ0n) is 24.9. The molecule has 0 bridgehead atoms. The third-order valence-electron chi connectivity index (χ3n) is 10.9. The molecular formula is C44H30. The van der Waals surface area contributed by atoms with E-state index in [-0.39, 0.29) is 10.8 Å². The molecule has 0 amide bonds. The van der Waals surface area contributed by atoms with Crippen molar-refractivity contribution in [1.82, 2.24) is 0 Å². The molecule has 0 aliphatic heterocycles. The number of hydrogen-bond donors (Lipinski definition) is 0. The normalized spacial score (nSPS) is 17.6. The van der Waals surface area contributed by atoms with Gasteiger partial charge in [-0.05, 0) is 101 Å². The van der Waals surface area contributed by atoms with Crippen LogP contribution in [0, 0.1) is 0 Å². The van der Waals surface area contributed by atoms with Gasteiger partial charge in [-0.15, -0.1) is 0 Å². The summed E-state index contributed by atoms with van der Waals surface area (Å²) in [6, 6.07) is 55.1. The molecule has 0 aromatic heterocycles. The number of rotatable bonds is 1. The average Bonchev–Trinajstić information content (AvgIpc) is 3.49. The molecular weight excluding hydrogens is 528 g/mol. The molecule has 0 radical (unpaired) electrons. The lowest BCUT2D eigenvalue weighted by atomic mass is 9.61. The highest BCUT2D eigenvalue weighted by molar-refractivity contribution is 6.07. The summed E-state index contributed by atoms with van der Waals surface area (Å²) in [5.74, 6) is 0. The van der Waals surface area contributed by atoms with Gasteiger partial charge in [0.25, 0.3) is 0 Å². The molecule has 0 N–H and O–H groups in total. The van der Waals surface area contributed by atoms with Gasteiger partial charge in [0.1, 0.15) is 0 Å². The van der Waals surface area contributed by atoms with Crippen LogP contribution in [-0.2, 0) is 10.8 Å². The minimum absolute atomic E-state index is 0.0206. The van der Waals surface area contributed by atoms with Crippen LogP contribution in [0.1, 0.15) is 47.2 Å². The molecule has 1 unspecified atom stereocenters. The molecule has 10 rings (SSSR count). The van der Waals surface area contributed by atoms with E-state index in [0.29, 0.717) is 0 Å². The van der Waals surface area contributed by atoms with Crippen molar-refractivity contribution in [2.45, 2.75) is 24.7 Å². The highest BCUT2D eigenvalue weighted by atomic mass is 14.5. The van der Waals surface area contributed by atoms with Crippen molar-refractivity contribution in [3.8, 4) is 44.5 Å². The maximum Gasteiger partial charge on any atom is 0.0725 e. The first kappa shape index (κ1) is 24.3. The molecule has 44 heavy (non-hydrogen) atoms. The fraction of sp³-hybridized carbons (Fsp3) is 0.0909. The Labute approximate surface area is 258 Å². The Morgan fingerprint density at radius 1 is 0.341 bits per heavy atom. The highest BCUT2D eigenvalue weighted by Crippen LogP contribution is 2.62. The Hall–Kier alpha value is -5.20. The Kier molecular flexibility index (Phi) is 4.55. The smallest absolute Gasteiger partial charge is 0.0619 e. The third kappa shape index (κ3) is 2.80. The molecule has 7 aromatic rings. The lowest BCUT2D eigenvalue weighted by molar-refractivity contribution is 0.660. The summed E-state index contributed by atoms with van der Waals surface area (Å²) in [7, 11) is 0. The third-order valence-corrected chi connectivity index (χ3v) is 10.9. The van der Waals surface area contributed by atoms with E-state index in [1.165, 1.54) is 88.7 Å². The maximum atomic E-state index is 2.46. The van der Waals surface area contributed by atoms with Gasteiger partial charge < -0.3 is 0 Å². The number of fused-ring (bicyclic) bond motifs is 12. The zero-order chi connectivity index (χ0) is 29.2. The zero-order valence-corrected chi connectivity index (χ0v) is 24.9. The average molecular weight is 559 g/mol. The van der Waals surface area contributed by atoms with Crippen LogP contribution in [0.15, 0.2) is 146 Å². The first-order chi connectivity index (χ1) is 21.6. The van der Waals surface area contributed by atoms with Crippen molar-refractivity contribution in [3.05, 3.63) is 179 Å². The highest BCUT2D eigenvalue weighted by Gasteiger charge is 2.50. The Morgan fingerprint density at radius 2 is 0.841 bits per heavy atom. The molecule has 1 spiro atoms. The van der Waals surface area contributed by atoms with Crippen molar-refractivity contribution in [3.63, 3.8) is 0 Å². The lowest BCUT2D eigenvalue weighted by Gasteiger charge is -2.40. The SMILES string of the molecule is CC1(C)c2ccccc2-c2ccc(-c3ccc4c(c3)-c3ccccc3C43c4ccccc4-c4cccc5cccc3c45)cc21. The van der Waals surface area contributed by atoms with Gasteiger partial charge in [-0.1, -0.05) is 147 Å². The number of hydrogen-bond acceptors (Lipinski definition) is 0. The summed E-state index contributed by atoms with van der Waals surface area (Å²) in [4.78, 5) is 0. The van der Waals surface area contributed by atoms with Gasteiger partial charge >= 0.3 is 0 Å². The van der Waals surface area contributed by atoms with E-state index >= 15 is 0 Å². The summed E-state index contributed by atoms with van der Waals surface area (Å²) in [5.41, 5.74) is 18.6. The van der Waals surface area contributed by atoms with Gasteiger partial charge in [0.2, 0.25) is 0 Å². The molecule has 3 aliphatic rings. The molecule has 0 heteroatoms. The fourth-order valence-corrected chi connectivity index (χ4v) is 9.00. The van der Waals surface area contributed by atoms with Crippen molar-refractivity contribution >= 4 is 10.8 Å². The predicted octanol–water partition coefficient (Wildman–Crippen LogP) is 11.2. The van der Waals surface area contributed by atoms with Crippen LogP contribution in [0.2, 0.25) is 0 Å². The molecule has 0 heterocycles. The molecule has 206 valence electrons. The topological polar surface area (TPSA) is 0 Å². The van der Waals surface area contributed by atoms with E-state index in [1.807, 2.05) is 0 Å². The van der Waals surface area contributed by atoms with Crippen LogP contribution in [-0.4, -0.2) is 0 Å². The lowest BCUT2D eigenvalue weighted by Crippen LogP contribution is -2.31. The van der Waals surface area contributed by atoms with Crippen LogP contribution >= 0.6 is 0 Å². The van der Waals surface area contributed by atoms with Crippen molar-refractivity contribution in [1.29, 1.82) is 0 Å². The van der Waals surface area contributed by atoms with Gasteiger partial charge in [0, 0.05) is 5.41 Å². The van der Waals surface area contributed by atoms with Gasteiger partial charge in [-0.2, -0.15) is 0 Å². The van der Waals surface area contributed by atoms with Crippen LogP contribution in [0.4, 0.5) is 0 Å². The summed E-state index contributed by atoms with van der Waals surface area (Å²) in [6.07, 6.45) is 0. The van der Waals surface area contributed by atoms with Crippen LogP contribution < -0.4 is 0 Å². The summed E-state index contributed by atoms with van der Waals surface area (Å²) >= 11 is 0. The molecule has 0 saturated heterocycles. The van der Waals surface area contributed by atoms with E-state index in [9.17, 15) is 0 Å². The quantitative estimate of drug-likeness (QED) is 0.188. The van der Waals surface area contributed by atoms with Crippen molar-refractivity contribution in [2.24, 2.45) is 0 Å². The number of benzene rings is 7. The molecule has 0 fully saturated rings. The minimum Gasteiger partial charge on any atom is -0.0619 e. The summed E-state index contributed by atoms with van der Waals surface area (Å²) < 4.78 is 0. The second kappa shape index (κ2) is 8.24. The molecule has 3 aliphatic carbocycles. The van der Waals surface area contributed by atoms with E-state index in [1.54, 1.807) is 0 Å². The summed E-state index contributed by atoms with van der Waals surface area (Å²) in [6.45, 7) is 4.73. The second-order valence-corrected chi connectivity index (χ2v) is 13.2. The Balaban J connectivity index is 1.25. The standard InChI is InChI=1S/C44H30/c1-43(2)36-17-6-3-13-30(36)33-23-21-29(26-41(33)43)28-22-24-39-35(25-28)32-15-5-8-19-38(32)44(39)37-18-7-4-14-31(37)34-16-9-11-27-12-10-20-40(44)42(27)34/h3-26H,1-2H3. The monoisotopic (exact) mass is 558 g/mol. The largest absolute Gasteiger partial charge is 0.0725 e. The van der Waals surface area contributed by atoms with Gasteiger partial charge in [0.15, 0.2) is 0 Å². The van der Waals surface area contributed by atoms with Crippen molar-refractivity contribution < 1.29 is 0 Å². The predicted molar refractivity (Wildman–Crippen MR) is 183 cm³/mol. The van der Waals surface area contributed by atoms with E-state index < -0.39 is 0 Å². The van der Waals surface area contributed by atoms with Gasteiger partial charge in [-0.3, -0.25) is 0 Å². The minimum atomic E-state index is -0.365.